The standard InChI is InChI=1S/C16H10N2O4/c17-15(21)10-6-5-9-11(12(10)16(18)22)14(20)8-4-2-1-3-7(8)13(9)19/h1-6H,(H2,17,21)(H2,18,22). The van der Waals surface area contributed by atoms with Crippen molar-refractivity contribution in [1.82, 2.24) is 0 Å². The lowest BCUT2D eigenvalue weighted by molar-refractivity contribution is 0.0950. The molecule has 1 aliphatic carbocycles. The van der Waals surface area contributed by atoms with Gasteiger partial charge >= 0.3 is 0 Å². The summed E-state index contributed by atoms with van der Waals surface area (Å²) in [5.74, 6) is -2.80. The fraction of sp³-hybridized carbons (Fsp3) is 0. The van der Waals surface area contributed by atoms with Crippen LogP contribution in [-0.2, 0) is 0 Å². The summed E-state index contributed by atoms with van der Waals surface area (Å²) in [6, 6.07) is 8.82. The van der Waals surface area contributed by atoms with Crippen LogP contribution >= 0.6 is 0 Å². The molecule has 0 bridgehead atoms. The Kier molecular flexibility index (Phi) is 2.88. The number of ketones is 2. The molecule has 0 radical (unpaired) electrons. The number of primary amides is 2. The normalized spacial score (nSPS) is 12.5. The van der Waals surface area contributed by atoms with Crippen molar-refractivity contribution < 1.29 is 19.2 Å². The van der Waals surface area contributed by atoms with Crippen molar-refractivity contribution >= 4 is 23.4 Å². The van der Waals surface area contributed by atoms with Gasteiger partial charge in [0.25, 0.3) is 0 Å². The van der Waals surface area contributed by atoms with Gasteiger partial charge in [0.15, 0.2) is 11.6 Å². The number of benzene rings is 2. The molecule has 0 spiro atoms. The monoisotopic (exact) mass is 294 g/mol. The van der Waals surface area contributed by atoms with Gasteiger partial charge in [-0.05, 0) is 12.1 Å². The highest BCUT2D eigenvalue weighted by Crippen LogP contribution is 2.30. The van der Waals surface area contributed by atoms with Gasteiger partial charge < -0.3 is 11.5 Å². The SMILES string of the molecule is NC(=O)c1ccc2c(c1C(N)=O)C(=O)c1ccccc1C2=O. The Morgan fingerprint density at radius 2 is 1.32 bits per heavy atom. The number of amides is 2. The number of hydrogen-bond acceptors (Lipinski definition) is 4. The molecule has 0 aromatic heterocycles. The van der Waals surface area contributed by atoms with E-state index in [2.05, 4.69) is 0 Å². The van der Waals surface area contributed by atoms with Crippen LogP contribution in [-0.4, -0.2) is 23.4 Å². The van der Waals surface area contributed by atoms with E-state index < -0.39 is 23.4 Å². The van der Waals surface area contributed by atoms with E-state index in [9.17, 15) is 19.2 Å². The molecular formula is C16H10N2O4. The zero-order valence-electron chi connectivity index (χ0n) is 11.3. The number of hydrogen-bond donors (Lipinski definition) is 2. The van der Waals surface area contributed by atoms with Gasteiger partial charge in [-0.15, -0.1) is 0 Å². The minimum Gasteiger partial charge on any atom is -0.366 e. The summed E-state index contributed by atoms with van der Waals surface area (Å²) < 4.78 is 0. The Bertz CT molecular complexity index is 884. The van der Waals surface area contributed by atoms with Gasteiger partial charge in [-0.25, -0.2) is 0 Å². The van der Waals surface area contributed by atoms with Crippen LogP contribution < -0.4 is 11.5 Å². The molecule has 0 fully saturated rings. The largest absolute Gasteiger partial charge is 0.366 e. The van der Waals surface area contributed by atoms with Crippen LogP contribution in [0.15, 0.2) is 36.4 Å². The summed E-state index contributed by atoms with van der Waals surface area (Å²) in [6.07, 6.45) is 0. The maximum Gasteiger partial charge on any atom is 0.250 e. The third kappa shape index (κ3) is 1.74. The molecule has 108 valence electrons. The first-order valence-electron chi connectivity index (χ1n) is 6.38. The van der Waals surface area contributed by atoms with E-state index in [0.29, 0.717) is 0 Å². The first kappa shape index (κ1) is 13.7. The average molecular weight is 294 g/mol. The Morgan fingerprint density at radius 1 is 0.727 bits per heavy atom. The van der Waals surface area contributed by atoms with Gasteiger partial charge in [-0.1, -0.05) is 24.3 Å². The molecule has 2 amide bonds. The van der Waals surface area contributed by atoms with E-state index >= 15 is 0 Å². The first-order chi connectivity index (χ1) is 10.4. The lowest BCUT2D eigenvalue weighted by Crippen LogP contribution is -2.29. The Balaban J connectivity index is 2.41. The highest BCUT2D eigenvalue weighted by molar-refractivity contribution is 6.31. The fourth-order valence-electron chi connectivity index (χ4n) is 2.65. The average Bonchev–Trinajstić information content (AvgIpc) is 2.51. The fourth-order valence-corrected chi connectivity index (χ4v) is 2.65. The second-order valence-electron chi connectivity index (χ2n) is 4.84. The van der Waals surface area contributed by atoms with Crippen molar-refractivity contribution in [3.05, 3.63) is 69.8 Å². The zero-order valence-corrected chi connectivity index (χ0v) is 11.3. The molecule has 0 saturated carbocycles. The molecule has 2 aromatic carbocycles. The molecule has 0 unspecified atom stereocenters. The summed E-state index contributed by atoms with van der Waals surface area (Å²) in [4.78, 5) is 48.3. The van der Waals surface area contributed by atoms with Gasteiger partial charge in [-0.3, -0.25) is 19.2 Å². The minimum absolute atomic E-state index is 0.0440. The van der Waals surface area contributed by atoms with Crippen LogP contribution in [0.1, 0.15) is 52.6 Å². The second-order valence-corrected chi connectivity index (χ2v) is 4.84. The number of carbonyl (C=O) groups excluding carboxylic acids is 4. The number of nitrogens with two attached hydrogens (primary N) is 2. The maximum absolute atomic E-state index is 12.6. The van der Waals surface area contributed by atoms with Gasteiger partial charge in [0.2, 0.25) is 11.8 Å². The smallest absolute Gasteiger partial charge is 0.250 e. The van der Waals surface area contributed by atoms with Crippen LogP contribution in [0.2, 0.25) is 0 Å². The predicted octanol–water partition coefficient (Wildman–Crippen LogP) is 0.660. The van der Waals surface area contributed by atoms with Crippen molar-refractivity contribution in [2.24, 2.45) is 11.5 Å². The summed E-state index contributed by atoms with van der Waals surface area (Å²) >= 11 is 0. The Hall–Kier alpha value is -3.28. The van der Waals surface area contributed by atoms with Crippen molar-refractivity contribution in [3.8, 4) is 0 Å². The molecule has 0 atom stereocenters. The number of fused-ring (bicyclic) bond motifs is 2. The maximum atomic E-state index is 12.6. The van der Waals surface area contributed by atoms with E-state index in [1.165, 1.54) is 24.3 Å². The molecule has 2 aromatic rings. The van der Waals surface area contributed by atoms with E-state index in [-0.39, 0.29) is 33.4 Å². The number of carbonyl (C=O) groups is 4. The van der Waals surface area contributed by atoms with Crippen molar-refractivity contribution in [1.29, 1.82) is 0 Å². The van der Waals surface area contributed by atoms with Crippen LogP contribution in [0, 0.1) is 0 Å². The van der Waals surface area contributed by atoms with E-state index in [0.717, 1.165) is 0 Å². The van der Waals surface area contributed by atoms with Gasteiger partial charge in [0.1, 0.15) is 0 Å². The van der Waals surface area contributed by atoms with Crippen LogP contribution in [0.3, 0.4) is 0 Å². The first-order valence-corrected chi connectivity index (χ1v) is 6.38. The summed E-state index contributed by atoms with van der Waals surface area (Å²) in [5.41, 5.74) is 10.3. The summed E-state index contributed by atoms with van der Waals surface area (Å²) in [5, 5.41) is 0. The van der Waals surface area contributed by atoms with Crippen molar-refractivity contribution in [2.45, 2.75) is 0 Å². The van der Waals surface area contributed by atoms with Gasteiger partial charge in [0.05, 0.1) is 11.1 Å². The molecule has 22 heavy (non-hydrogen) atoms. The molecule has 0 heterocycles. The molecular weight excluding hydrogens is 284 g/mol. The zero-order chi connectivity index (χ0) is 16.0. The molecule has 1 aliphatic rings. The molecule has 0 aliphatic heterocycles. The summed E-state index contributed by atoms with van der Waals surface area (Å²) in [6.45, 7) is 0. The summed E-state index contributed by atoms with van der Waals surface area (Å²) in [7, 11) is 0. The highest BCUT2D eigenvalue weighted by Gasteiger charge is 2.34. The van der Waals surface area contributed by atoms with Crippen molar-refractivity contribution in [2.75, 3.05) is 0 Å². The third-order valence-corrected chi connectivity index (χ3v) is 3.61. The number of rotatable bonds is 2. The van der Waals surface area contributed by atoms with Crippen LogP contribution in [0.5, 0.6) is 0 Å². The predicted molar refractivity (Wildman–Crippen MR) is 76.8 cm³/mol. The van der Waals surface area contributed by atoms with Crippen LogP contribution in [0.25, 0.3) is 0 Å². The van der Waals surface area contributed by atoms with Crippen molar-refractivity contribution in [3.63, 3.8) is 0 Å². The Labute approximate surface area is 124 Å². The van der Waals surface area contributed by atoms with E-state index in [1.807, 2.05) is 0 Å². The Morgan fingerprint density at radius 3 is 1.86 bits per heavy atom. The quantitative estimate of drug-likeness (QED) is 0.721. The molecule has 4 N–H and O–H groups in total. The van der Waals surface area contributed by atoms with Gasteiger partial charge in [0, 0.05) is 22.3 Å². The van der Waals surface area contributed by atoms with Gasteiger partial charge in [-0.2, -0.15) is 0 Å². The highest BCUT2D eigenvalue weighted by atomic mass is 16.2. The molecule has 3 rings (SSSR count). The van der Waals surface area contributed by atoms with E-state index in [4.69, 9.17) is 11.5 Å². The minimum atomic E-state index is -0.980. The topological polar surface area (TPSA) is 120 Å². The van der Waals surface area contributed by atoms with Crippen LogP contribution in [0.4, 0.5) is 0 Å². The third-order valence-electron chi connectivity index (χ3n) is 3.61. The van der Waals surface area contributed by atoms with E-state index in [1.54, 1.807) is 12.1 Å². The molecule has 6 heteroatoms. The lowest BCUT2D eigenvalue weighted by Gasteiger charge is -2.20. The molecule has 6 nitrogen and oxygen atoms in total. The molecule has 0 saturated heterocycles. The second kappa shape index (κ2) is 4.63. The lowest BCUT2D eigenvalue weighted by atomic mass is 9.80.